The number of nitrogens with zero attached hydrogens (tertiary/aromatic N) is 2. The molecule has 0 bridgehead atoms. The van der Waals surface area contributed by atoms with Gasteiger partial charge in [-0.2, -0.15) is 0 Å². The molecule has 0 spiro atoms. The van der Waals surface area contributed by atoms with E-state index in [1.807, 2.05) is 24.3 Å². The number of para-hydroxylation sites is 1. The normalized spacial score (nSPS) is 22.2. The first-order valence-electron chi connectivity index (χ1n) is 9.03. The van der Waals surface area contributed by atoms with Crippen molar-refractivity contribution < 1.29 is 14.2 Å². The number of rotatable bonds is 5. The number of hydrogen-bond donors (Lipinski definition) is 0. The Morgan fingerprint density at radius 2 is 1.96 bits per heavy atom. The number of ether oxygens (including phenoxy) is 3. The molecule has 3 heterocycles. The summed E-state index contributed by atoms with van der Waals surface area (Å²) in [6, 6.07) is 12.3. The molecule has 1 aromatic heterocycles. The predicted molar refractivity (Wildman–Crippen MR) is 94.5 cm³/mol. The van der Waals surface area contributed by atoms with E-state index >= 15 is 0 Å². The second-order valence-electron chi connectivity index (χ2n) is 6.54. The highest BCUT2D eigenvalue weighted by Gasteiger charge is 2.33. The van der Waals surface area contributed by atoms with Crippen molar-refractivity contribution in [3.8, 4) is 11.5 Å². The van der Waals surface area contributed by atoms with E-state index in [1.165, 1.54) is 18.4 Å². The average Bonchev–Trinajstić information content (AvgIpc) is 3.19. The Balaban J connectivity index is 1.51. The van der Waals surface area contributed by atoms with Crippen LogP contribution < -0.4 is 4.74 Å². The maximum atomic E-state index is 6.06. The van der Waals surface area contributed by atoms with Crippen molar-refractivity contribution in [3.05, 3.63) is 54.4 Å². The molecule has 2 fully saturated rings. The largest absolute Gasteiger partial charge is 0.455 e. The van der Waals surface area contributed by atoms with Gasteiger partial charge < -0.3 is 14.2 Å². The van der Waals surface area contributed by atoms with Gasteiger partial charge in [0.25, 0.3) is 0 Å². The van der Waals surface area contributed by atoms with E-state index < -0.39 is 0 Å². The van der Waals surface area contributed by atoms with Gasteiger partial charge in [0.2, 0.25) is 0 Å². The molecule has 2 aliphatic rings. The van der Waals surface area contributed by atoms with Crippen LogP contribution >= 0.6 is 0 Å². The number of likely N-dealkylation sites (tertiary alicyclic amines) is 1. The molecule has 0 N–H and O–H groups in total. The first-order chi connectivity index (χ1) is 12.4. The molecule has 2 saturated heterocycles. The molecular formula is C20H24N2O3. The molecular weight excluding hydrogens is 316 g/mol. The van der Waals surface area contributed by atoms with Crippen LogP contribution in [0.1, 0.15) is 24.8 Å². The lowest BCUT2D eigenvalue weighted by Crippen LogP contribution is -2.46. The second kappa shape index (κ2) is 7.95. The van der Waals surface area contributed by atoms with Gasteiger partial charge >= 0.3 is 0 Å². The minimum absolute atomic E-state index is 0.0910. The Hall–Kier alpha value is -1.95. The molecule has 4 rings (SSSR count). The van der Waals surface area contributed by atoms with Crippen molar-refractivity contribution in [3.63, 3.8) is 0 Å². The maximum Gasteiger partial charge on any atom is 0.173 e. The smallest absolute Gasteiger partial charge is 0.173 e. The molecule has 0 amide bonds. The van der Waals surface area contributed by atoms with Gasteiger partial charge in [0.05, 0.1) is 25.5 Å². The standard InChI is InChI=1S/C20H24N2O3/c1-2-9-19(25-17-7-5-10-21-14-17)16(6-1)15-22-11-4-3-8-18(22)20-23-12-13-24-20/h1-2,5-7,9-10,14,18,20H,3-4,8,11-13,15H2. The third-order valence-corrected chi connectivity index (χ3v) is 4.83. The highest BCUT2D eigenvalue weighted by atomic mass is 16.7. The molecule has 2 aliphatic heterocycles. The Morgan fingerprint density at radius 1 is 1.08 bits per heavy atom. The quantitative estimate of drug-likeness (QED) is 0.832. The third-order valence-electron chi connectivity index (χ3n) is 4.83. The van der Waals surface area contributed by atoms with Crippen LogP contribution in [0, 0.1) is 0 Å². The number of benzene rings is 1. The number of pyridine rings is 1. The molecule has 132 valence electrons. The van der Waals surface area contributed by atoms with Crippen molar-refractivity contribution in [2.24, 2.45) is 0 Å². The van der Waals surface area contributed by atoms with E-state index in [9.17, 15) is 0 Å². The fourth-order valence-electron chi connectivity index (χ4n) is 3.61. The molecule has 25 heavy (non-hydrogen) atoms. The number of hydrogen-bond acceptors (Lipinski definition) is 5. The van der Waals surface area contributed by atoms with E-state index in [0.717, 1.165) is 31.0 Å². The van der Waals surface area contributed by atoms with Crippen molar-refractivity contribution >= 4 is 0 Å². The lowest BCUT2D eigenvalue weighted by Gasteiger charge is -2.38. The van der Waals surface area contributed by atoms with Gasteiger partial charge in [-0.05, 0) is 37.6 Å². The lowest BCUT2D eigenvalue weighted by atomic mass is 10.0. The van der Waals surface area contributed by atoms with Gasteiger partial charge in [-0.25, -0.2) is 0 Å². The average molecular weight is 340 g/mol. The Bertz CT molecular complexity index is 674. The van der Waals surface area contributed by atoms with Gasteiger partial charge in [0, 0.05) is 18.3 Å². The van der Waals surface area contributed by atoms with Crippen LogP contribution in [-0.2, 0) is 16.0 Å². The molecule has 0 saturated carbocycles. The zero-order valence-electron chi connectivity index (χ0n) is 14.3. The molecule has 2 aromatic rings. The van der Waals surface area contributed by atoms with Gasteiger partial charge in [-0.3, -0.25) is 9.88 Å². The minimum Gasteiger partial charge on any atom is -0.455 e. The summed E-state index contributed by atoms with van der Waals surface area (Å²) in [6.45, 7) is 3.31. The van der Waals surface area contributed by atoms with Gasteiger partial charge in [-0.15, -0.1) is 0 Å². The first kappa shape index (κ1) is 16.5. The van der Waals surface area contributed by atoms with Gasteiger partial charge in [0.1, 0.15) is 11.5 Å². The van der Waals surface area contributed by atoms with Gasteiger partial charge in [0.15, 0.2) is 6.29 Å². The number of aromatic nitrogens is 1. The summed E-state index contributed by atoms with van der Waals surface area (Å²) < 4.78 is 17.6. The zero-order chi connectivity index (χ0) is 16.9. The molecule has 1 aromatic carbocycles. The van der Waals surface area contributed by atoms with Crippen molar-refractivity contribution in [1.82, 2.24) is 9.88 Å². The first-order valence-corrected chi connectivity index (χ1v) is 9.03. The monoisotopic (exact) mass is 340 g/mol. The summed E-state index contributed by atoms with van der Waals surface area (Å²) in [5.41, 5.74) is 1.18. The molecule has 1 unspecified atom stereocenters. The second-order valence-corrected chi connectivity index (χ2v) is 6.54. The zero-order valence-corrected chi connectivity index (χ0v) is 14.3. The predicted octanol–water partition coefficient (Wildman–Crippen LogP) is 3.60. The topological polar surface area (TPSA) is 43.8 Å². The van der Waals surface area contributed by atoms with Gasteiger partial charge in [-0.1, -0.05) is 24.6 Å². The van der Waals surface area contributed by atoms with Crippen molar-refractivity contribution in [1.29, 1.82) is 0 Å². The minimum atomic E-state index is -0.0910. The van der Waals surface area contributed by atoms with Crippen LogP contribution in [0.25, 0.3) is 0 Å². The van der Waals surface area contributed by atoms with E-state index in [0.29, 0.717) is 19.3 Å². The van der Waals surface area contributed by atoms with Crippen LogP contribution in [0.5, 0.6) is 11.5 Å². The maximum absolute atomic E-state index is 6.06. The van der Waals surface area contributed by atoms with Crippen LogP contribution in [0.15, 0.2) is 48.8 Å². The number of piperidine rings is 1. The Labute approximate surface area is 148 Å². The van der Waals surface area contributed by atoms with E-state index in [4.69, 9.17) is 14.2 Å². The van der Waals surface area contributed by atoms with Crippen molar-refractivity contribution in [2.45, 2.75) is 38.1 Å². The van der Waals surface area contributed by atoms with Crippen LogP contribution in [0.3, 0.4) is 0 Å². The molecule has 1 atom stereocenters. The molecule has 0 radical (unpaired) electrons. The summed E-state index contributed by atoms with van der Waals surface area (Å²) in [4.78, 5) is 6.60. The Kier molecular flexibility index (Phi) is 5.25. The van der Waals surface area contributed by atoms with E-state index in [2.05, 4.69) is 22.0 Å². The Morgan fingerprint density at radius 3 is 2.80 bits per heavy atom. The highest BCUT2D eigenvalue weighted by molar-refractivity contribution is 5.37. The summed E-state index contributed by atoms with van der Waals surface area (Å²) in [5, 5.41) is 0. The van der Waals surface area contributed by atoms with Crippen LogP contribution in [0.4, 0.5) is 0 Å². The van der Waals surface area contributed by atoms with Crippen LogP contribution in [0.2, 0.25) is 0 Å². The summed E-state index contributed by atoms with van der Waals surface area (Å²) in [5.74, 6) is 1.64. The summed E-state index contributed by atoms with van der Waals surface area (Å²) in [7, 11) is 0. The van der Waals surface area contributed by atoms with Crippen molar-refractivity contribution in [2.75, 3.05) is 19.8 Å². The fraction of sp³-hybridized carbons (Fsp3) is 0.450. The fourth-order valence-corrected chi connectivity index (χ4v) is 3.61. The van der Waals surface area contributed by atoms with E-state index in [-0.39, 0.29) is 6.29 Å². The molecule has 5 heteroatoms. The third kappa shape index (κ3) is 4.00. The molecule has 0 aliphatic carbocycles. The summed E-state index contributed by atoms with van der Waals surface area (Å²) in [6.07, 6.45) is 6.97. The lowest BCUT2D eigenvalue weighted by molar-refractivity contribution is -0.111. The SMILES string of the molecule is c1cncc(Oc2ccccc2CN2CCCCC2C2OCCO2)c1. The highest BCUT2D eigenvalue weighted by Crippen LogP contribution is 2.30. The van der Waals surface area contributed by atoms with Crippen LogP contribution in [-0.4, -0.2) is 42.0 Å². The molecule has 5 nitrogen and oxygen atoms in total. The summed E-state index contributed by atoms with van der Waals surface area (Å²) >= 11 is 0. The van der Waals surface area contributed by atoms with E-state index in [1.54, 1.807) is 12.4 Å².